The molecule has 2 rings (SSSR count). The van der Waals surface area contributed by atoms with Crippen LogP contribution in [-0.2, 0) is 36.0 Å². The summed E-state index contributed by atoms with van der Waals surface area (Å²) >= 11 is 0. The third-order valence-electron chi connectivity index (χ3n) is 5.22. The molecule has 0 aliphatic heterocycles. The summed E-state index contributed by atoms with van der Waals surface area (Å²) < 4.78 is 0. The van der Waals surface area contributed by atoms with Gasteiger partial charge in [0.15, 0.2) is 0 Å². The molecule has 0 saturated carbocycles. The van der Waals surface area contributed by atoms with E-state index >= 15 is 0 Å². The summed E-state index contributed by atoms with van der Waals surface area (Å²) in [6.45, 7) is 14.9. The third kappa shape index (κ3) is 9.07. The van der Waals surface area contributed by atoms with Crippen LogP contribution in [-0.4, -0.2) is 26.2 Å². The van der Waals surface area contributed by atoms with Gasteiger partial charge in [0, 0.05) is 37.6 Å². The fraction of sp³-hybridized carbons (Fsp3) is 0.500. The molecule has 171 valence electrons. The summed E-state index contributed by atoms with van der Waals surface area (Å²) in [7, 11) is 0. The zero-order valence-electron chi connectivity index (χ0n) is 18.9. The SMILES string of the molecule is CCc1cc(CC)c(NCCNCCNc2c(C)cccc2C)c(CC)c1.[Cl-].[Cl-].[Co+2]. The van der Waals surface area contributed by atoms with Gasteiger partial charge in [-0.1, -0.05) is 51.1 Å². The van der Waals surface area contributed by atoms with Crippen LogP contribution in [0.4, 0.5) is 11.4 Å². The Morgan fingerprint density at radius 1 is 0.667 bits per heavy atom. The number of halogens is 2. The summed E-state index contributed by atoms with van der Waals surface area (Å²) in [5.41, 5.74) is 9.59. The van der Waals surface area contributed by atoms with Crippen molar-refractivity contribution in [2.75, 3.05) is 36.8 Å². The molecule has 0 amide bonds. The molecule has 30 heavy (non-hydrogen) atoms. The van der Waals surface area contributed by atoms with E-state index < -0.39 is 0 Å². The molecular formula is C24H37Cl2CoN3. The predicted octanol–water partition coefficient (Wildman–Crippen LogP) is -0.890. The molecule has 1 radical (unpaired) electrons. The zero-order chi connectivity index (χ0) is 19.6. The van der Waals surface area contributed by atoms with E-state index in [-0.39, 0.29) is 41.6 Å². The van der Waals surface area contributed by atoms with Gasteiger partial charge in [0.25, 0.3) is 0 Å². The van der Waals surface area contributed by atoms with Gasteiger partial charge in [-0.15, -0.1) is 0 Å². The van der Waals surface area contributed by atoms with Gasteiger partial charge in [0.2, 0.25) is 0 Å². The van der Waals surface area contributed by atoms with E-state index in [0.29, 0.717) is 0 Å². The van der Waals surface area contributed by atoms with E-state index in [1.165, 1.54) is 39.2 Å². The van der Waals surface area contributed by atoms with Crippen LogP contribution in [0.3, 0.4) is 0 Å². The van der Waals surface area contributed by atoms with E-state index in [0.717, 1.165) is 45.4 Å². The summed E-state index contributed by atoms with van der Waals surface area (Å²) in [5, 5.41) is 10.8. The Kier molecular flexibility index (Phi) is 17.4. The number of benzene rings is 2. The van der Waals surface area contributed by atoms with Crippen molar-refractivity contribution in [3.63, 3.8) is 0 Å². The normalized spacial score (nSPS) is 9.77. The van der Waals surface area contributed by atoms with Gasteiger partial charge in [0.1, 0.15) is 0 Å². The molecule has 0 fully saturated rings. The molecule has 0 saturated heterocycles. The maximum atomic E-state index is 3.68. The smallest absolute Gasteiger partial charge is 1.00 e. The average Bonchev–Trinajstić information content (AvgIpc) is 2.68. The molecule has 0 atom stereocenters. The van der Waals surface area contributed by atoms with Crippen molar-refractivity contribution < 1.29 is 41.6 Å². The van der Waals surface area contributed by atoms with E-state index in [4.69, 9.17) is 0 Å². The van der Waals surface area contributed by atoms with Crippen molar-refractivity contribution in [1.82, 2.24) is 5.32 Å². The number of anilines is 2. The fourth-order valence-electron chi connectivity index (χ4n) is 3.60. The number of hydrogen-bond acceptors (Lipinski definition) is 3. The monoisotopic (exact) mass is 496 g/mol. The number of rotatable bonds is 11. The first-order chi connectivity index (χ1) is 13.1. The van der Waals surface area contributed by atoms with Crippen LogP contribution in [0.25, 0.3) is 0 Å². The van der Waals surface area contributed by atoms with Crippen LogP contribution in [0.1, 0.15) is 48.6 Å². The first-order valence-corrected chi connectivity index (χ1v) is 10.5. The second-order valence-corrected chi connectivity index (χ2v) is 7.22. The maximum Gasteiger partial charge on any atom is 2.00 e. The minimum Gasteiger partial charge on any atom is -1.00 e. The predicted molar refractivity (Wildman–Crippen MR) is 120 cm³/mol. The van der Waals surface area contributed by atoms with E-state index in [1.807, 2.05) is 0 Å². The maximum absolute atomic E-state index is 3.68. The number of nitrogens with one attached hydrogen (secondary N) is 3. The van der Waals surface area contributed by atoms with E-state index in [9.17, 15) is 0 Å². The molecule has 0 heterocycles. The summed E-state index contributed by atoms with van der Waals surface area (Å²) in [6, 6.07) is 11.2. The fourth-order valence-corrected chi connectivity index (χ4v) is 3.60. The Balaban J connectivity index is 0. The molecule has 3 nitrogen and oxygen atoms in total. The Bertz CT molecular complexity index is 693. The summed E-state index contributed by atoms with van der Waals surface area (Å²) in [5.74, 6) is 0. The van der Waals surface area contributed by atoms with Crippen LogP contribution in [0.15, 0.2) is 30.3 Å². The largest absolute Gasteiger partial charge is 2.00 e. The number of hydrogen-bond donors (Lipinski definition) is 3. The Labute approximate surface area is 206 Å². The molecule has 2 aromatic rings. The van der Waals surface area contributed by atoms with Crippen molar-refractivity contribution in [1.29, 1.82) is 0 Å². The van der Waals surface area contributed by atoms with Crippen LogP contribution in [0, 0.1) is 13.8 Å². The standard InChI is InChI=1S/C24H37N3.2ClH.Co/c1-6-20-16-21(7-2)24(22(8-3)17-20)27-15-13-25-12-14-26-23-18(4)10-9-11-19(23)5;;;/h9-11,16-17,25-27H,6-8,12-15H2,1-5H3;2*1H;/q;;;+2/p-2. The van der Waals surface area contributed by atoms with Crippen LogP contribution in [0.5, 0.6) is 0 Å². The van der Waals surface area contributed by atoms with Gasteiger partial charge in [-0.2, -0.15) is 0 Å². The van der Waals surface area contributed by atoms with Gasteiger partial charge >= 0.3 is 16.8 Å². The number of para-hydroxylation sites is 1. The Hall–Kier alpha value is -0.914. The molecule has 0 aliphatic rings. The third-order valence-corrected chi connectivity index (χ3v) is 5.22. The minimum absolute atomic E-state index is 0. The number of aryl methyl sites for hydroxylation is 5. The topological polar surface area (TPSA) is 36.1 Å². The first-order valence-electron chi connectivity index (χ1n) is 10.5. The van der Waals surface area contributed by atoms with Crippen LogP contribution < -0.4 is 40.8 Å². The Morgan fingerprint density at radius 3 is 1.57 bits per heavy atom. The van der Waals surface area contributed by atoms with Crippen molar-refractivity contribution in [2.24, 2.45) is 0 Å². The summed E-state index contributed by atoms with van der Waals surface area (Å²) in [6.07, 6.45) is 3.27. The molecule has 0 bridgehead atoms. The first kappa shape index (κ1) is 31.3. The molecular weight excluding hydrogens is 460 g/mol. The van der Waals surface area contributed by atoms with Crippen LogP contribution >= 0.6 is 0 Å². The molecule has 2 aromatic carbocycles. The van der Waals surface area contributed by atoms with Gasteiger partial charge < -0.3 is 40.8 Å². The quantitative estimate of drug-likeness (QED) is 0.353. The molecule has 0 aromatic heterocycles. The molecule has 0 unspecified atom stereocenters. The van der Waals surface area contributed by atoms with E-state index in [1.54, 1.807) is 0 Å². The van der Waals surface area contributed by atoms with Crippen molar-refractivity contribution in [2.45, 2.75) is 53.9 Å². The second-order valence-electron chi connectivity index (χ2n) is 7.22. The average molecular weight is 497 g/mol. The van der Waals surface area contributed by atoms with Gasteiger partial charge in [0.05, 0.1) is 0 Å². The molecule has 0 spiro atoms. The minimum atomic E-state index is 0. The van der Waals surface area contributed by atoms with Crippen molar-refractivity contribution >= 4 is 11.4 Å². The van der Waals surface area contributed by atoms with Gasteiger partial charge in [-0.25, -0.2) is 0 Å². The summed E-state index contributed by atoms with van der Waals surface area (Å²) in [4.78, 5) is 0. The van der Waals surface area contributed by atoms with Gasteiger partial charge in [-0.3, -0.25) is 0 Å². The second kappa shape index (κ2) is 16.7. The van der Waals surface area contributed by atoms with Crippen molar-refractivity contribution in [3.05, 3.63) is 58.1 Å². The molecule has 3 N–H and O–H groups in total. The molecule has 6 heteroatoms. The Morgan fingerprint density at radius 2 is 1.13 bits per heavy atom. The van der Waals surface area contributed by atoms with Gasteiger partial charge in [-0.05, 0) is 60.9 Å². The van der Waals surface area contributed by atoms with E-state index in [2.05, 4.69) is 80.9 Å². The molecule has 0 aliphatic carbocycles. The van der Waals surface area contributed by atoms with Crippen LogP contribution in [0.2, 0.25) is 0 Å². The zero-order valence-corrected chi connectivity index (χ0v) is 21.5. The van der Waals surface area contributed by atoms with Crippen molar-refractivity contribution in [3.8, 4) is 0 Å².